The van der Waals surface area contributed by atoms with Crippen LogP contribution in [-0.4, -0.2) is 48.4 Å². The number of hydrogen-bond donors (Lipinski definition) is 1. The van der Waals surface area contributed by atoms with E-state index in [1.165, 1.54) is 18.7 Å². The number of carbonyl (C=O) groups excluding carboxylic acids is 1. The Labute approximate surface area is 182 Å². The zero-order valence-electron chi connectivity index (χ0n) is 16.5. The molecule has 1 amide bonds. The van der Waals surface area contributed by atoms with E-state index in [9.17, 15) is 4.79 Å². The SMILES string of the molecule is NC(=O)c1ccccc1CCCN1CC2CN(Cc3ccc(Cl)c(Cl)c3)C[C@@H]2C1. The van der Waals surface area contributed by atoms with Crippen molar-refractivity contribution in [1.82, 2.24) is 9.80 Å². The van der Waals surface area contributed by atoms with E-state index in [1.54, 1.807) is 0 Å². The molecule has 4 rings (SSSR count). The number of carbonyl (C=O) groups is 1. The van der Waals surface area contributed by atoms with Gasteiger partial charge in [-0.15, -0.1) is 0 Å². The molecule has 2 N–H and O–H groups in total. The maximum absolute atomic E-state index is 11.6. The first-order valence-electron chi connectivity index (χ1n) is 10.3. The number of hydrogen-bond acceptors (Lipinski definition) is 3. The summed E-state index contributed by atoms with van der Waals surface area (Å²) in [6, 6.07) is 13.6. The molecule has 2 heterocycles. The van der Waals surface area contributed by atoms with Crippen LogP contribution in [0.4, 0.5) is 0 Å². The molecule has 2 aliphatic heterocycles. The van der Waals surface area contributed by atoms with E-state index in [-0.39, 0.29) is 5.91 Å². The fourth-order valence-corrected chi connectivity index (χ4v) is 5.19. The van der Waals surface area contributed by atoms with Crippen LogP contribution in [0, 0.1) is 11.8 Å². The monoisotopic (exact) mass is 431 g/mol. The number of likely N-dealkylation sites (tertiary alicyclic amines) is 2. The summed E-state index contributed by atoms with van der Waals surface area (Å²) in [5, 5.41) is 1.25. The number of amides is 1. The van der Waals surface area contributed by atoms with E-state index < -0.39 is 0 Å². The van der Waals surface area contributed by atoms with Gasteiger partial charge in [-0.05, 0) is 60.5 Å². The van der Waals surface area contributed by atoms with Crippen LogP contribution in [0.3, 0.4) is 0 Å². The van der Waals surface area contributed by atoms with Gasteiger partial charge in [0.15, 0.2) is 0 Å². The molecule has 0 saturated carbocycles. The fraction of sp³-hybridized carbons (Fsp3) is 0.435. The number of halogens is 2. The maximum Gasteiger partial charge on any atom is 0.248 e. The lowest BCUT2D eigenvalue weighted by atomic mass is 10.0. The molecule has 0 aliphatic carbocycles. The smallest absolute Gasteiger partial charge is 0.248 e. The van der Waals surface area contributed by atoms with Gasteiger partial charge in [-0.3, -0.25) is 9.69 Å². The topological polar surface area (TPSA) is 49.6 Å². The summed E-state index contributed by atoms with van der Waals surface area (Å²) < 4.78 is 0. The van der Waals surface area contributed by atoms with Gasteiger partial charge in [0.1, 0.15) is 0 Å². The summed E-state index contributed by atoms with van der Waals surface area (Å²) in [4.78, 5) is 16.7. The molecule has 2 fully saturated rings. The first-order valence-corrected chi connectivity index (χ1v) is 11.0. The predicted molar refractivity (Wildman–Crippen MR) is 118 cm³/mol. The van der Waals surface area contributed by atoms with E-state index in [1.807, 2.05) is 36.4 Å². The highest BCUT2D eigenvalue weighted by Gasteiger charge is 2.39. The first kappa shape index (κ1) is 20.7. The maximum atomic E-state index is 11.6. The van der Waals surface area contributed by atoms with E-state index in [2.05, 4.69) is 15.9 Å². The van der Waals surface area contributed by atoms with Crippen LogP contribution in [0.15, 0.2) is 42.5 Å². The molecule has 0 aromatic heterocycles. The molecule has 0 bridgehead atoms. The standard InChI is InChI=1S/C23H27Cl2N3O/c24-21-8-7-16(10-22(21)25)11-28-14-18-12-27(13-19(18)15-28)9-3-5-17-4-1-2-6-20(17)23(26)29/h1-2,4,6-8,10,18-19H,3,5,9,11-15H2,(H2,26,29)/t18-,19?/m0/s1. The zero-order chi connectivity index (χ0) is 20.4. The fourth-order valence-electron chi connectivity index (χ4n) is 4.87. The Balaban J connectivity index is 1.23. The Morgan fingerprint density at radius 3 is 2.34 bits per heavy atom. The number of nitrogens with two attached hydrogens (primary N) is 1. The lowest BCUT2D eigenvalue weighted by Gasteiger charge is -2.21. The van der Waals surface area contributed by atoms with Crippen molar-refractivity contribution in [3.63, 3.8) is 0 Å². The quantitative estimate of drug-likeness (QED) is 0.717. The summed E-state index contributed by atoms with van der Waals surface area (Å²) in [6.07, 6.45) is 1.95. The Kier molecular flexibility index (Phi) is 6.45. The second-order valence-electron chi connectivity index (χ2n) is 8.35. The minimum Gasteiger partial charge on any atom is -0.366 e. The van der Waals surface area contributed by atoms with Crippen molar-refractivity contribution in [3.8, 4) is 0 Å². The van der Waals surface area contributed by atoms with Gasteiger partial charge >= 0.3 is 0 Å². The van der Waals surface area contributed by atoms with Crippen molar-refractivity contribution in [2.75, 3.05) is 32.7 Å². The van der Waals surface area contributed by atoms with Gasteiger partial charge in [0.05, 0.1) is 10.0 Å². The highest BCUT2D eigenvalue weighted by atomic mass is 35.5. The number of aryl methyl sites for hydroxylation is 1. The number of rotatable bonds is 7. The van der Waals surface area contributed by atoms with E-state index in [4.69, 9.17) is 28.9 Å². The molecule has 4 nitrogen and oxygen atoms in total. The average Bonchev–Trinajstić information content (AvgIpc) is 3.23. The molecule has 29 heavy (non-hydrogen) atoms. The molecular formula is C23H27Cl2N3O. The van der Waals surface area contributed by atoms with E-state index >= 15 is 0 Å². The van der Waals surface area contributed by atoms with Gasteiger partial charge in [-0.25, -0.2) is 0 Å². The van der Waals surface area contributed by atoms with Crippen molar-refractivity contribution in [1.29, 1.82) is 0 Å². The molecule has 1 unspecified atom stereocenters. The molecular weight excluding hydrogens is 405 g/mol. The van der Waals surface area contributed by atoms with Gasteiger partial charge < -0.3 is 10.6 Å². The molecule has 2 aliphatic rings. The average molecular weight is 432 g/mol. The third-order valence-corrected chi connectivity index (χ3v) is 6.97. The van der Waals surface area contributed by atoms with E-state index in [0.29, 0.717) is 15.6 Å². The van der Waals surface area contributed by atoms with Crippen molar-refractivity contribution in [2.45, 2.75) is 19.4 Å². The van der Waals surface area contributed by atoms with Crippen molar-refractivity contribution in [3.05, 3.63) is 69.2 Å². The van der Waals surface area contributed by atoms with Crippen LogP contribution in [0.2, 0.25) is 10.0 Å². The van der Waals surface area contributed by atoms with Crippen molar-refractivity contribution >= 4 is 29.1 Å². The lowest BCUT2D eigenvalue weighted by molar-refractivity contribution is 0.0999. The summed E-state index contributed by atoms with van der Waals surface area (Å²) in [6.45, 7) is 6.64. The van der Waals surface area contributed by atoms with Gasteiger partial charge in [0.25, 0.3) is 0 Å². The predicted octanol–water partition coefficient (Wildman–Crippen LogP) is 4.09. The van der Waals surface area contributed by atoms with Crippen molar-refractivity contribution in [2.24, 2.45) is 17.6 Å². The third kappa shape index (κ3) is 4.95. The third-order valence-electron chi connectivity index (χ3n) is 6.23. The number of benzene rings is 2. The molecule has 6 heteroatoms. The summed E-state index contributed by atoms with van der Waals surface area (Å²) in [5.74, 6) is 1.16. The Morgan fingerprint density at radius 2 is 1.66 bits per heavy atom. The largest absolute Gasteiger partial charge is 0.366 e. The van der Waals surface area contributed by atoms with Crippen LogP contribution >= 0.6 is 23.2 Å². The van der Waals surface area contributed by atoms with Gasteiger partial charge in [-0.2, -0.15) is 0 Å². The van der Waals surface area contributed by atoms with Crippen LogP contribution in [0.25, 0.3) is 0 Å². The second-order valence-corrected chi connectivity index (χ2v) is 9.16. The summed E-state index contributed by atoms with van der Waals surface area (Å²) >= 11 is 12.2. The van der Waals surface area contributed by atoms with Crippen molar-refractivity contribution < 1.29 is 4.79 Å². The summed E-state index contributed by atoms with van der Waals surface area (Å²) in [7, 11) is 0. The highest BCUT2D eigenvalue weighted by Crippen LogP contribution is 2.32. The molecule has 154 valence electrons. The van der Waals surface area contributed by atoms with Crippen LogP contribution in [0.1, 0.15) is 27.9 Å². The minimum absolute atomic E-state index is 0.335. The first-order chi connectivity index (χ1) is 14.0. The Hall–Kier alpha value is -1.59. The number of primary amides is 1. The van der Waals surface area contributed by atoms with Gasteiger partial charge in [-0.1, -0.05) is 47.5 Å². The van der Waals surface area contributed by atoms with Crippen LogP contribution in [0.5, 0.6) is 0 Å². The normalized spacial score (nSPS) is 22.1. The van der Waals surface area contributed by atoms with Gasteiger partial charge in [0.2, 0.25) is 5.91 Å². The highest BCUT2D eigenvalue weighted by molar-refractivity contribution is 6.42. The Morgan fingerprint density at radius 1 is 0.966 bits per heavy atom. The molecule has 2 atom stereocenters. The molecule has 2 aromatic rings. The molecule has 2 aromatic carbocycles. The summed E-state index contributed by atoms with van der Waals surface area (Å²) in [5.41, 5.74) is 8.43. The van der Waals surface area contributed by atoms with E-state index in [0.717, 1.165) is 56.4 Å². The minimum atomic E-state index is -0.335. The van der Waals surface area contributed by atoms with Gasteiger partial charge in [0, 0.05) is 38.3 Å². The number of nitrogens with zero attached hydrogens (tertiary/aromatic N) is 2. The molecule has 0 spiro atoms. The zero-order valence-corrected chi connectivity index (χ0v) is 18.0. The molecule has 2 saturated heterocycles. The molecule has 0 radical (unpaired) electrons. The second kappa shape index (κ2) is 9.05. The van der Waals surface area contributed by atoms with Crippen LogP contribution < -0.4 is 5.73 Å². The Bertz CT molecular complexity index is 874. The lowest BCUT2D eigenvalue weighted by Crippen LogP contribution is -2.29. The van der Waals surface area contributed by atoms with Crippen LogP contribution in [-0.2, 0) is 13.0 Å². The number of fused-ring (bicyclic) bond motifs is 1.